The van der Waals surface area contributed by atoms with Gasteiger partial charge < -0.3 is 0 Å². The van der Waals surface area contributed by atoms with Crippen LogP contribution in [0.15, 0.2) is 24.3 Å². The molecule has 0 amide bonds. The fourth-order valence-corrected chi connectivity index (χ4v) is 4.87. The lowest BCUT2D eigenvalue weighted by Gasteiger charge is -2.30. The normalized spacial score (nSPS) is 23.0. The predicted octanol–water partition coefficient (Wildman–Crippen LogP) is 2.35. The molecule has 4 heteroatoms. The van der Waals surface area contributed by atoms with Gasteiger partial charge in [-0.25, -0.2) is 0 Å². The Bertz CT molecular complexity index is 338. The molecule has 0 aliphatic carbocycles. The number of hydrogen-bond acceptors (Lipinski definition) is 4. The first kappa shape index (κ1) is 12.3. The summed E-state index contributed by atoms with van der Waals surface area (Å²) < 4.78 is 0. The van der Waals surface area contributed by atoms with Gasteiger partial charge in [0.25, 0.3) is 0 Å². The molecule has 3 N–H and O–H groups in total. The van der Waals surface area contributed by atoms with E-state index in [1.165, 1.54) is 28.4 Å². The van der Waals surface area contributed by atoms with Crippen LogP contribution < -0.4 is 11.3 Å². The maximum Gasteiger partial charge on any atom is 0.0589 e. The second-order valence-electron chi connectivity index (χ2n) is 3.99. The Morgan fingerprint density at radius 2 is 2.19 bits per heavy atom. The highest BCUT2D eigenvalue weighted by molar-refractivity contribution is 8.06. The third-order valence-electron chi connectivity index (χ3n) is 2.92. The van der Waals surface area contributed by atoms with Gasteiger partial charge in [-0.15, -0.1) is 0 Å². The molecule has 2 unspecified atom stereocenters. The highest BCUT2D eigenvalue weighted by Crippen LogP contribution is 2.34. The van der Waals surface area contributed by atoms with E-state index in [0.717, 1.165) is 0 Å². The quantitative estimate of drug-likeness (QED) is 0.641. The molecular weight excluding hydrogens is 236 g/mol. The van der Waals surface area contributed by atoms with E-state index in [2.05, 4.69) is 36.6 Å². The molecule has 1 saturated heterocycles. The van der Waals surface area contributed by atoms with E-state index in [4.69, 9.17) is 5.84 Å². The van der Waals surface area contributed by atoms with Gasteiger partial charge in [0.1, 0.15) is 0 Å². The van der Waals surface area contributed by atoms with Crippen LogP contribution in [-0.4, -0.2) is 22.5 Å². The Labute approximate surface area is 106 Å². The largest absolute Gasteiger partial charge is 0.271 e. The summed E-state index contributed by atoms with van der Waals surface area (Å²) in [4.78, 5) is 0. The lowest BCUT2D eigenvalue weighted by Crippen LogP contribution is -2.38. The molecule has 0 bridgehead atoms. The molecule has 1 fully saturated rings. The van der Waals surface area contributed by atoms with Crippen molar-refractivity contribution in [2.45, 2.75) is 18.2 Å². The summed E-state index contributed by atoms with van der Waals surface area (Å²) in [5.41, 5.74) is 5.65. The summed E-state index contributed by atoms with van der Waals surface area (Å²) in [6.07, 6.45) is 0. The van der Waals surface area contributed by atoms with Gasteiger partial charge in [-0.2, -0.15) is 23.5 Å². The average molecular weight is 254 g/mol. The van der Waals surface area contributed by atoms with Gasteiger partial charge in [-0.1, -0.05) is 24.3 Å². The monoisotopic (exact) mass is 254 g/mol. The summed E-state index contributed by atoms with van der Waals surface area (Å²) in [6, 6.07) is 8.78. The van der Waals surface area contributed by atoms with Crippen LogP contribution in [0.3, 0.4) is 0 Å². The van der Waals surface area contributed by atoms with Gasteiger partial charge >= 0.3 is 0 Å². The van der Waals surface area contributed by atoms with Crippen LogP contribution in [0.5, 0.6) is 0 Å². The Hall–Kier alpha value is -0.160. The number of thioether (sulfide) groups is 2. The third-order valence-corrected chi connectivity index (χ3v) is 5.78. The van der Waals surface area contributed by atoms with E-state index in [1.807, 2.05) is 23.5 Å². The summed E-state index contributed by atoms with van der Waals surface area (Å²) in [7, 11) is 0. The van der Waals surface area contributed by atoms with Crippen molar-refractivity contribution >= 4 is 23.5 Å². The standard InChI is InChI=1S/C12H18N2S2/c1-9-4-2-3-5-10(9)12(14-13)11-8-15-6-7-16-11/h2-5,11-12,14H,6-8,13H2,1H3. The first-order valence-electron chi connectivity index (χ1n) is 5.54. The van der Waals surface area contributed by atoms with Crippen LogP contribution in [0.25, 0.3) is 0 Å². The van der Waals surface area contributed by atoms with Crippen molar-refractivity contribution in [3.8, 4) is 0 Å². The van der Waals surface area contributed by atoms with Crippen LogP contribution in [0, 0.1) is 6.92 Å². The molecule has 88 valence electrons. The molecule has 0 radical (unpaired) electrons. The van der Waals surface area contributed by atoms with Gasteiger partial charge in [-0.05, 0) is 18.1 Å². The molecule has 1 aromatic carbocycles. The summed E-state index contributed by atoms with van der Waals surface area (Å²) in [5, 5.41) is 0.588. The minimum atomic E-state index is 0.277. The first-order valence-corrected chi connectivity index (χ1v) is 7.74. The SMILES string of the molecule is Cc1ccccc1C(NN)C1CSCCS1. The van der Waals surface area contributed by atoms with Crippen molar-refractivity contribution in [2.24, 2.45) is 5.84 Å². The van der Waals surface area contributed by atoms with Crippen LogP contribution >= 0.6 is 23.5 Å². The fourth-order valence-electron chi connectivity index (χ4n) is 2.03. The van der Waals surface area contributed by atoms with Crippen LogP contribution in [0.2, 0.25) is 0 Å². The van der Waals surface area contributed by atoms with Gasteiger partial charge in [0.15, 0.2) is 0 Å². The number of hydrogen-bond donors (Lipinski definition) is 2. The molecule has 0 aromatic heterocycles. The molecule has 0 spiro atoms. The zero-order valence-electron chi connectivity index (χ0n) is 9.48. The second-order valence-corrected chi connectivity index (χ2v) is 6.48. The average Bonchev–Trinajstić information content (AvgIpc) is 2.34. The van der Waals surface area contributed by atoms with Gasteiger partial charge in [-0.3, -0.25) is 11.3 Å². The van der Waals surface area contributed by atoms with Crippen molar-refractivity contribution < 1.29 is 0 Å². The molecular formula is C12H18N2S2. The number of nitrogens with one attached hydrogen (secondary N) is 1. The van der Waals surface area contributed by atoms with Gasteiger partial charge in [0.2, 0.25) is 0 Å². The Balaban J connectivity index is 2.18. The Morgan fingerprint density at radius 3 is 2.81 bits per heavy atom. The van der Waals surface area contributed by atoms with E-state index in [1.54, 1.807) is 0 Å². The van der Waals surface area contributed by atoms with E-state index in [0.29, 0.717) is 5.25 Å². The zero-order chi connectivity index (χ0) is 11.4. The van der Waals surface area contributed by atoms with Gasteiger partial charge in [0.05, 0.1) is 6.04 Å². The molecule has 1 aromatic rings. The molecule has 1 aliphatic heterocycles. The molecule has 1 heterocycles. The van der Waals surface area contributed by atoms with E-state index in [-0.39, 0.29) is 6.04 Å². The summed E-state index contributed by atoms with van der Waals surface area (Å²) in [5.74, 6) is 9.43. The number of rotatable bonds is 3. The Kier molecular flexibility index (Phi) is 4.58. The summed E-state index contributed by atoms with van der Waals surface area (Å²) in [6.45, 7) is 2.15. The third kappa shape index (κ3) is 2.74. The minimum absolute atomic E-state index is 0.277. The predicted molar refractivity (Wildman–Crippen MR) is 74.8 cm³/mol. The van der Waals surface area contributed by atoms with Crippen molar-refractivity contribution in [3.05, 3.63) is 35.4 Å². The van der Waals surface area contributed by atoms with Crippen LogP contribution in [0.1, 0.15) is 17.2 Å². The van der Waals surface area contributed by atoms with Crippen molar-refractivity contribution in [3.63, 3.8) is 0 Å². The first-order chi connectivity index (χ1) is 7.83. The van der Waals surface area contributed by atoms with E-state index in [9.17, 15) is 0 Å². The zero-order valence-corrected chi connectivity index (χ0v) is 11.1. The maximum atomic E-state index is 5.73. The molecule has 0 saturated carbocycles. The molecule has 2 rings (SSSR count). The maximum absolute atomic E-state index is 5.73. The topological polar surface area (TPSA) is 38.0 Å². The minimum Gasteiger partial charge on any atom is -0.271 e. The molecule has 2 nitrogen and oxygen atoms in total. The number of benzene rings is 1. The second kappa shape index (κ2) is 5.96. The lowest BCUT2D eigenvalue weighted by atomic mass is 10.00. The smallest absolute Gasteiger partial charge is 0.0589 e. The molecule has 16 heavy (non-hydrogen) atoms. The van der Waals surface area contributed by atoms with E-state index < -0.39 is 0 Å². The fraction of sp³-hybridized carbons (Fsp3) is 0.500. The molecule has 1 aliphatic rings. The van der Waals surface area contributed by atoms with Crippen LogP contribution in [0.4, 0.5) is 0 Å². The van der Waals surface area contributed by atoms with E-state index >= 15 is 0 Å². The number of aryl methyl sites for hydroxylation is 1. The van der Waals surface area contributed by atoms with Crippen molar-refractivity contribution in [2.75, 3.05) is 17.3 Å². The van der Waals surface area contributed by atoms with Crippen molar-refractivity contribution in [1.82, 2.24) is 5.43 Å². The van der Waals surface area contributed by atoms with Gasteiger partial charge in [0, 0.05) is 22.5 Å². The molecule has 2 atom stereocenters. The highest BCUT2D eigenvalue weighted by Gasteiger charge is 2.25. The lowest BCUT2D eigenvalue weighted by molar-refractivity contribution is 0.550. The Morgan fingerprint density at radius 1 is 1.38 bits per heavy atom. The number of hydrazine groups is 1. The van der Waals surface area contributed by atoms with Crippen molar-refractivity contribution in [1.29, 1.82) is 0 Å². The van der Waals surface area contributed by atoms with Crippen LogP contribution in [-0.2, 0) is 0 Å². The highest BCUT2D eigenvalue weighted by atomic mass is 32.2. The number of nitrogens with two attached hydrogens (primary N) is 1. The summed E-state index contributed by atoms with van der Waals surface area (Å²) >= 11 is 4.07.